The van der Waals surface area contributed by atoms with Crippen LogP contribution in [0.4, 0.5) is 10.6 Å². The third kappa shape index (κ3) is 8.78. The van der Waals surface area contributed by atoms with Gasteiger partial charge in [-0.05, 0) is 48.1 Å². The number of amides is 3. The number of pyridine rings is 1. The fraction of sp³-hybridized carbons (Fsp3) is 0.676. The SMILES string of the molecule is COCCNc1cc(OC2C[C@@H](C(N)=O)N(C(=O)[C@@H](NC(=O)O[C@@H]3C[C@@H]4[C@H](C)[C@@H]4C3)C(C)(C)C)C2)c2ccc(OCCN3CCOCC3)c(Cl)c2n1. The average molecular weight is 745 g/mol. The number of hydrogen-bond donors (Lipinski definition) is 3. The number of anilines is 1. The second-order valence-corrected chi connectivity index (χ2v) is 15.9. The molecule has 0 radical (unpaired) electrons. The first-order valence-electron chi connectivity index (χ1n) is 18.4. The van der Waals surface area contributed by atoms with Crippen LogP contribution < -0.4 is 25.8 Å². The molecule has 2 saturated heterocycles. The van der Waals surface area contributed by atoms with Crippen LogP contribution in [0.1, 0.15) is 47.0 Å². The Bertz CT molecular complexity index is 1600. The zero-order chi connectivity index (χ0) is 37.2. The number of nitrogens with two attached hydrogens (primary N) is 1. The standard InChI is InChI=1S/C37H53ClN6O8/c1-21-25-16-22(17-26(21)25)52-36(47)42-33(37(2,3)4)35(46)44-20-23(18-27(44)34(39)45)51-29-19-30(40-8-12-48-5)41-32-24(29)6-7-28(31(32)38)50-15-11-43-9-13-49-14-10-43/h6-7,19,21-23,25-27,33H,8-18,20H2,1-5H3,(H2,39,45)(H,40,41)(H,42,47)/t21-,22+,23?,25+,26-,27-,33+/m0/s1. The summed E-state index contributed by atoms with van der Waals surface area (Å²) in [6.45, 7) is 13.1. The van der Waals surface area contributed by atoms with Gasteiger partial charge in [0.2, 0.25) is 11.8 Å². The summed E-state index contributed by atoms with van der Waals surface area (Å²) in [5.41, 5.74) is 5.65. The smallest absolute Gasteiger partial charge is 0.408 e. The Morgan fingerprint density at radius 2 is 1.81 bits per heavy atom. The monoisotopic (exact) mass is 744 g/mol. The van der Waals surface area contributed by atoms with E-state index in [1.807, 2.05) is 26.8 Å². The van der Waals surface area contributed by atoms with Gasteiger partial charge in [-0.25, -0.2) is 9.78 Å². The molecule has 4 fully saturated rings. The number of likely N-dealkylation sites (tertiary alicyclic amines) is 1. The van der Waals surface area contributed by atoms with Crippen LogP contribution in [0.5, 0.6) is 11.5 Å². The summed E-state index contributed by atoms with van der Waals surface area (Å²) in [5.74, 6) is 2.31. The van der Waals surface area contributed by atoms with Crippen molar-refractivity contribution in [2.45, 2.75) is 71.2 Å². The number of nitrogens with one attached hydrogen (secondary N) is 2. The Balaban J connectivity index is 1.18. The lowest BCUT2D eigenvalue weighted by Gasteiger charge is -2.35. The highest BCUT2D eigenvalue weighted by Crippen LogP contribution is 2.57. The molecule has 3 amide bonds. The number of hydrogen-bond acceptors (Lipinski definition) is 11. The van der Waals surface area contributed by atoms with Crippen molar-refractivity contribution in [3.8, 4) is 11.5 Å². The number of ether oxygens (including phenoxy) is 5. The van der Waals surface area contributed by atoms with Crippen molar-refractivity contribution in [3.63, 3.8) is 0 Å². The largest absolute Gasteiger partial charge is 0.491 e. The summed E-state index contributed by atoms with van der Waals surface area (Å²) < 4.78 is 29.1. The molecular formula is C37H53ClN6O8. The molecule has 3 heterocycles. The summed E-state index contributed by atoms with van der Waals surface area (Å²) in [5, 5.41) is 7.05. The summed E-state index contributed by atoms with van der Waals surface area (Å²) in [6, 6.07) is 3.50. The third-order valence-electron chi connectivity index (χ3n) is 10.9. The molecule has 0 spiro atoms. The van der Waals surface area contributed by atoms with Crippen LogP contribution >= 0.6 is 11.6 Å². The summed E-state index contributed by atoms with van der Waals surface area (Å²) in [4.78, 5) is 48.5. The first-order valence-corrected chi connectivity index (χ1v) is 18.7. The lowest BCUT2D eigenvalue weighted by molar-refractivity contribution is -0.141. The Kier molecular flexibility index (Phi) is 11.9. The number of morpholine rings is 1. The van der Waals surface area contributed by atoms with Gasteiger partial charge < -0.3 is 45.0 Å². The van der Waals surface area contributed by atoms with Gasteiger partial charge in [0, 0.05) is 51.2 Å². The van der Waals surface area contributed by atoms with E-state index in [9.17, 15) is 14.4 Å². The highest BCUT2D eigenvalue weighted by atomic mass is 35.5. The van der Waals surface area contributed by atoms with Gasteiger partial charge in [-0.15, -0.1) is 0 Å². The zero-order valence-electron chi connectivity index (χ0n) is 30.8. The van der Waals surface area contributed by atoms with Crippen LogP contribution in [0.15, 0.2) is 18.2 Å². The molecule has 1 aromatic carbocycles. The Labute approximate surface area is 310 Å². The molecule has 1 aromatic heterocycles. The van der Waals surface area contributed by atoms with E-state index in [4.69, 9.17) is 46.0 Å². The number of rotatable bonds is 14. The van der Waals surface area contributed by atoms with Gasteiger partial charge >= 0.3 is 6.09 Å². The van der Waals surface area contributed by atoms with Crippen LogP contribution in [0, 0.1) is 23.2 Å². The Morgan fingerprint density at radius 1 is 1.08 bits per heavy atom. The lowest BCUT2D eigenvalue weighted by Crippen LogP contribution is -2.57. The Hall–Kier alpha value is -3.59. The van der Waals surface area contributed by atoms with Gasteiger partial charge in [0.15, 0.2) is 0 Å². The Morgan fingerprint density at radius 3 is 2.48 bits per heavy atom. The number of aromatic nitrogens is 1. The van der Waals surface area contributed by atoms with E-state index < -0.39 is 41.5 Å². The number of alkyl carbamates (subject to hydrolysis) is 1. The predicted molar refractivity (Wildman–Crippen MR) is 196 cm³/mol. The van der Waals surface area contributed by atoms with E-state index in [1.165, 1.54) is 4.90 Å². The van der Waals surface area contributed by atoms with Crippen LogP contribution in [0.2, 0.25) is 5.02 Å². The summed E-state index contributed by atoms with van der Waals surface area (Å²) in [7, 11) is 1.62. The van der Waals surface area contributed by atoms with E-state index in [-0.39, 0.29) is 19.1 Å². The van der Waals surface area contributed by atoms with E-state index in [1.54, 1.807) is 19.2 Å². The summed E-state index contributed by atoms with van der Waals surface area (Å²) >= 11 is 6.91. The summed E-state index contributed by atoms with van der Waals surface area (Å²) in [6.07, 6.45) is 0.488. The third-order valence-corrected chi connectivity index (χ3v) is 11.2. The average Bonchev–Trinajstić information content (AvgIpc) is 3.42. The van der Waals surface area contributed by atoms with Crippen molar-refractivity contribution in [1.82, 2.24) is 20.1 Å². The number of carbonyl (C=O) groups excluding carboxylic acids is 3. The van der Waals surface area contributed by atoms with E-state index in [2.05, 4.69) is 22.5 Å². The van der Waals surface area contributed by atoms with Gasteiger partial charge in [-0.1, -0.05) is 39.3 Å². The molecule has 2 saturated carbocycles. The van der Waals surface area contributed by atoms with E-state index in [0.29, 0.717) is 84.0 Å². The number of fused-ring (bicyclic) bond motifs is 2. The molecule has 2 aliphatic heterocycles. The van der Waals surface area contributed by atoms with Crippen molar-refractivity contribution in [2.75, 3.05) is 71.6 Å². The molecule has 4 N–H and O–H groups in total. The minimum Gasteiger partial charge on any atom is -0.491 e. The molecule has 286 valence electrons. The predicted octanol–water partition coefficient (Wildman–Crippen LogP) is 3.68. The van der Waals surface area contributed by atoms with Gasteiger partial charge in [0.05, 0.1) is 31.9 Å². The quantitative estimate of drug-likeness (QED) is 0.242. The first kappa shape index (κ1) is 38.1. The van der Waals surface area contributed by atoms with Crippen LogP contribution in [-0.4, -0.2) is 123 Å². The number of methoxy groups -OCH3 is 1. The molecule has 4 aliphatic rings. The molecule has 6 rings (SSSR count). The topological polar surface area (TPSA) is 167 Å². The second-order valence-electron chi connectivity index (χ2n) is 15.5. The minimum atomic E-state index is -0.964. The first-order chi connectivity index (χ1) is 24.8. The van der Waals surface area contributed by atoms with Gasteiger partial charge in [-0.3, -0.25) is 14.5 Å². The fourth-order valence-corrected chi connectivity index (χ4v) is 8.07. The highest BCUT2D eigenvalue weighted by molar-refractivity contribution is 6.36. The molecule has 2 aromatic rings. The van der Waals surface area contributed by atoms with Crippen molar-refractivity contribution in [3.05, 3.63) is 23.2 Å². The van der Waals surface area contributed by atoms with Crippen LogP contribution in [0.25, 0.3) is 10.9 Å². The number of primary amides is 1. The molecule has 7 atom stereocenters. The normalized spacial score (nSPS) is 26.5. The molecular weight excluding hydrogens is 692 g/mol. The molecule has 52 heavy (non-hydrogen) atoms. The molecule has 0 bridgehead atoms. The van der Waals surface area contributed by atoms with Crippen molar-refractivity contribution in [2.24, 2.45) is 28.9 Å². The number of carbonyl (C=O) groups is 3. The van der Waals surface area contributed by atoms with Crippen LogP contribution in [-0.2, 0) is 23.8 Å². The van der Waals surface area contributed by atoms with Crippen molar-refractivity contribution in [1.29, 1.82) is 0 Å². The minimum absolute atomic E-state index is 0.0757. The van der Waals surface area contributed by atoms with Gasteiger partial charge in [0.1, 0.15) is 53.2 Å². The molecule has 15 heteroatoms. The highest BCUT2D eigenvalue weighted by Gasteiger charge is 2.54. The van der Waals surface area contributed by atoms with Crippen molar-refractivity contribution >= 4 is 46.2 Å². The van der Waals surface area contributed by atoms with Gasteiger partial charge in [0.25, 0.3) is 0 Å². The van der Waals surface area contributed by atoms with Crippen LogP contribution in [0.3, 0.4) is 0 Å². The maximum atomic E-state index is 14.2. The molecule has 1 unspecified atom stereocenters. The maximum absolute atomic E-state index is 14.2. The van der Waals surface area contributed by atoms with E-state index >= 15 is 0 Å². The van der Waals surface area contributed by atoms with E-state index in [0.717, 1.165) is 32.5 Å². The number of benzene rings is 1. The second kappa shape index (κ2) is 16.2. The lowest BCUT2D eigenvalue weighted by atomic mass is 9.85. The fourth-order valence-electron chi connectivity index (χ4n) is 7.81. The zero-order valence-corrected chi connectivity index (χ0v) is 31.6. The maximum Gasteiger partial charge on any atom is 0.408 e. The molecule has 14 nitrogen and oxygen atoms in total. The number of nitrogens with zero attached hydrogens (tertiary/aromatic N) is 3. The number of halogens is 1. The van der Waals surface area contributed by atoms with Crippen molar-refractivity contribution < 1.29 is 38.1 Å². The molecule has 2 aliphatic carbocycles. The van der Waals surface area contributed by atoms with Gasteiger partial charge in [-0.2, -0.15) is 0 Å².